The Kier molecular flexibility index (Phi) is 6.17. The summed E-state index contributed by atoms with van der Waals surface area (Å²) in [6.45, 7) is 7.97. The highest BCUT2D eigenvalue weighted by molar-refractivity contribution is 6.31. The van der Waals surface area contributed by atoms with E-state index in [0.29, 0.717) is 25.2 Å². The van der Waals surface area contributed by atoms with Gasteiger partial charge in [0.25, 0.3) is 0 Å². The summed E-state index contributed by atoms with van der Waals surface area (Å²) < 4.78 is 31.3. The minimum atomic E-state index is -0.927. The molecule has 1 aromatic carbocycles. The van der Waals surface area contributed by atoms with Crippen molar-refractivity contribution in [3.63, 3.8) is 0 Å². The monoisotopic (exact) mass is 291 g/mol. The van der Waals surface area contributed by atoms with Crippen molar-refractivity contribution in [1.29, 1.82) is 0 Å². The lowest BCUT2D eigenvalue weighted by Gasteiger charge is -2.20. The Balaban J connectivity index is 2.28. The van der Waals surface area contributed by atoms with Crippen LogP contribution in [0.3, 0.4) is 0 Å². The Hall–Kier alpha value is -0.710. The van der Waals surface area contributed by atoms with Crippen molar-refractivity contribution < 1.29 is 13.5 Å². The van der Waals surface area contributed by atoms with Crippen LogP contribution in [0, 0.1) is 11.6 Å². The molecule has 1 aromatic rings. The van der Waals surface area contributed by atoms with E-state index in [0.717, 1.165) is 18.7 Å². The summed E-state index contributed by atoms with van der Waals surface area (Å²) in [5, 5.41) is 3.52. The van der Waals surface area contributed by atoms with Crippen LogP contribution in [-0.2, 0) is 11.2 Å². The molecule has 1 N–H and O–H groups in total. The maximum absolute atomic E-state index is 13.0. The van der Waals surface area contributed by atoms with Crippen molar-refractivity contribution in [2.24, 2.45) is 0 Å². The summed E-state index contributed by atoms with van der Waals surface area (Å²) in [6.07, 6.45) is 0.464. The fraction of sp³-hybridized carbons (Fsp3) is 0.571. The van der Waals surface area contributed by atoms with Gasteiger partial charge in [0, 0.05) is 17.1 Å². The van der Waals surface area contributed by atoms with Crippen LogP contribution in [0.2, 0.25) is 5.02 Å². The zero-order valence-electron chi connectivity index (χ0n) is 11.5. The van der Waals surface area contributed by atoms with Gasteiger partial charge >= 0.3 is 0 Å². The molecule has 0 radical (unpaired) electrons. The molecule has 0 heterocycles. The second-order valence-electron chi connectivity index (χ2n) is 5.40. The molecule has 0 atom stereocenters. The van der Waals surface area contributed by atoms with Gasteiger partial charge < -0.3 is 10.1 Å². The molecule has 19 heavy (non-hydrogen) atoms. The van der Waals surface area contributed by atoms with Gasteiger partial charge in [0.15, 0.2) is 11.6 Å². The maximum atomic E-state index is 13.0. The average Bonchev–Trinajstić information content (AvgIpc) is 2.28. The number of halogens is 3. The molecule has 0 bridgehead atoms. The van der Waals surface area contributed by atoms with E-state index in [1.807, 2.05) is 0 Å². The number of benzene rings is 1. The molecule has 108 valence electrons. The van der Waals surface area contributed by atoms with E-state index in [9.17, 15) is 8.78 Å². The van der Waals surface area contributed by atoms with Crippen molar-refractivity contribution in [2.75, 3.05) is 19.8 Å². The van der Waals surface area contributed by atoms with Crippen LogP contribution in [0.4, 0.5) is 8.78 Å². The zero-order valence-corrected chi connectivity index (χ0v) is 12.3. The lowest BCUT2D eigenvalue weighted by molar-refractivity contribution is 0.133. The molecule has 0 aromatic heterocycles. The lowest BCUT2D eigenvalue weighted by atomic mass is 10.1. The summed E-state index contributed by atoms with van der Waals surface area (Å²) in [6, 6.07) is 2.11. The molecule has 0 aliphatic rings. The third kappa shape index (κ3) is 6.32. The topological polar surface area (TPSA) is 21.3 Å². The van der Waals surface area contributed by atoms with Gasteiger partial charge in [0.1, 0.15) is 0 Å². The van der Waals surface area contributed by atoms with E-state index in [-0.39, 0.29) is 10.6 Å². The second-order valence-corrected chi connectivity index (χ2v) is 5.80. The van der Waals surface area contributed by atoms with E-state index >= 15 is 0 Å². The van der Waals surface area contributed by atoms with Gasteiger partial charge in [0.05, 0.1) is 13.2 Å². The lowest BCUT2D eigenvalue weighted by Crippen LogP contribution is -2.38. The fourth-order valence-corrected chi connectivity index (χ4v) is 1.78. The van der Waals surface area contributed by atoms with Crippen molar-refractivity contribution in [3.8, 4) is 0 Å². The Bertz CT molecular complexity index is 419. The van der Waals surface area contributed by atoms with E-state index in [1.165, 1.54) is 0 Å². The number of nitrogens with one attached hydrogen (secondary N) is 1. The van der Waals surface area contributed by atoms with Crippen molar-refractivity contribution >= 4 is 11.6 Å². The molecule has 0 spiro atoms. The van der Waals surface area contributed by atoms with Gasteiger partial charge in [-0.3, -0.25) is 0 Å². The number of hydrogen-bond acceptors (Lipinski definition) is 2. The smallest absolute Gasteiger partial charge is 0.160 e. The predicted molar refractivity (Wildman–Crippen MR) is 73.6 cm³/mol. The van der Waals surface area contributed by atoms with Gasteiger partial charge in [-0.1, -0.05) is 11.6 Å². The molecule has 0 aliphatic heterocycles. The van der Waals surface area contributed by atoms with Gasteiger partial charge in [-0.25, -0.2) is 8.78 Å². The van der Waals surface area contributed by atoms with Gasteiger partial charge in [-0.2, -0.15) is 0 Å². The Morgan fingerprint density at radius 3 is 2.42 bits per heavy atom. The fourth-order valence-electron chi connectivity index (χ4n) is 1.54. The first-order valence-electron chi connectivity index (χ1n) is 6.26. The van der Waals surface area contributed by atoms with Gasteiger partial charge in [-0.15, -0.1) is 0 Å². The molecule has 5 heteroatoms. The van der Waals surface area contributed by atoms with E-state index in [2.05, 4.69) is 26.1 Å². The Morgan fingerprint density at radius 1 is 1.16 bits per heavy atom. The highest BCUT2D eigenvalue weighted by Crippen LogP contribution is 2.20. The van der Waals surface area contributed by atoms with Crippen LogP contribution in [-0.4, -0.2) is 25.3 Å². The van der Waals surface area contributed by atoms with Crippen LogP contribution in [0.5, 0.6) is 0 Å². The molecule has 0 amide bonds. The van der Waals surface area contributed by atoms with Crippen LogP contribution in [0.25, 0.3) is 0 Å². The highest BCUT2D eigenvalue weighted by Gasteiger charge is 2.09. The quantitative estimate of drug-likeness (QED) is 0.639. The normalized spacial score (nSPS) is 11.9. The summed E-state index contributed by atoms with van der Waals surface area (Å²) >= 11 is 5.83. The first-order valence-corrected chi connectivity index (χ1v) is 6.63. The Morgan fingerprint density at radius 2 is 1.79 bits per heavy atom. The first-order chi connectivity index (χ1) is 8.79. The Labute approximate surface area is 118 Å². The zero-order chi connectivity index (χ0) is 14.5. The second kappa shape index (κ2) is 7.17. The average molecular weight is 292 g/mol. The largest absolute Gasteiger partial charge is 0.380 e. The molecular formula is C14H20ClF2NO. The molecule has 0 aliphatic carbocycles. The van der Waals surface area contributed by atoms with E-state index in [4.69, 9.17) is 16.3 Å². The molecule has 0 saturated heterocycles. The van der Waals surface area contributed by atoms with Gasteiger partial charge in [-0.05, 0) is 44.9 Å². The summed E-state index contributed by atoms with van der Waals surface area (Å²) in [5.41, 5.74) is 0.622. The highest BCUT2D eigenvalue weighted by atomic mass is 35.5. The minimum absolute atomic E-state index is 0.0623. The minimum Gasteiger partial charge on any atom is -0.380 e. The van der Waals surface area contributed by atoms with Crippen LogP contribution in [0.1, 0.15) is 26.3 Å². The molecule has 1 rings (SSSR count). The predicted octanol–water partition coefficient (Wildman–Crippen LogP) is 3.57. The third-order valence-electron chi connectivity index (χ3n) is 2.51. The first kappa shape index (κ1) is 16.3. The van der Waals surface area contributed by atoms with Crippen molar-refractivity contribution in [1.82, 2.24) is 5.32 Å². The molecule has 2 nitrogen and oxygen atoms in total. The summed E-state index contributed by atoms with van der Waals surface area (Å²) in [5.74, 6) is -1.81. The van der Waals surface area contributed by atoms with Crippen molar-refractivity contribution in [2.45, 2.75) is 32.7 Å². The molecule has 0 unspecified atom stereocenters. The SMILES string of the molecule is CC(C)(C)NCCOCCc1cc(F)c(F)cc1Cl. The van der Waals surface area contributed by atoms with Crippen LogP contribution >= 0.6 is 11.6 Å². The summed E-state index contributed by atoms with van der Waals surface area (Å²) in [7, 11) is 0. The summed E-state index contributed by atoms with van der Waals surface area (Å²) in [4.78, 5) is 0. The van der Waals surface area contributed by atoms with E-state index in [1.54, 1.807) is 0 Å². The van der Waals surface area contributed by atoms with Crippen molar-refractivity contribution in [3.05, 3.63) is 34.4 Å². The molecule has 0 saturated carbocycles. The van der Waals surface area contributed by atoms with Gasteiger partial charge in [0.2, 0.25) is 0 Å². The van der Waals surface area contributed by atoms with E-state index < -0.39 is 11.6 Å². The number of rotatable bonds is 6. The maximum Gasteiger partial charge on any atom is 0.160 e. The van der Waals surface area contributed by atoms with Crippen LogP contribution in [0.15, 0.2) is 12.1 Å². The third-order valence-corrected chi connectivity index (χ3v) is 2.86. The number of hydrogen-bond donors (Lipinski definition) is 1. The standard InChI is InChI=1S/C14H20ClF2NO/c1-14(2,3)18-5-7-19-6-4-10-8-12(16)13(17)9-11(10)15/h8-9,18H,4-7H2,1-3H3. The van der Waals surface area contributed by atoms with Crippen LogP contribution < -0.4 is 5.32 Å². The number of ether oxygens (including phenoxy) is 1. The molecule has 0 fully saturated rings. The molecular weight excluding hydrogens is 272 g/mol.